The number of anilines is 2. The van der Waals surface area contributed by atoms with Crippen molar-refractivity contribution in [1.29, 1.82) is 0 Å². The van der Waals surface area contributed by atoms with Gasteiger partial charge in [-0.05, 0) is 18.9 Å². The first-order valence-corrected chi connectivity index (χ1v) is 10.3. The van der Waals surface area contributed by atoms with E-state index in [0.717, 1.165) is 19.4 Å². The number of Topliss-reactive ketones (excluding diaryl/α,β-unsaturated/α-hetero) is 1. The van der Waals surface area contributed by atoms with Crippen molar-refractivity contribution < 1.29 is 4.79 Å². The number of H-pyrrole nitrogens is 1. The number of hydrogen-bond donors (Lipinski definition) is 3. The van der Waals surface area contributed by atoms with E-state index >= 15 is 0 Å². The monoisotopic (exact) mass is 439 g/mol. The number of carbonyl (C=O) groups is 1. The highest BCUT2D eigenvalue weighted by molar-refractivity contribution is 6.33. The number of nitrogen functional groups attached to an aromatic ring is 1. The number of piperidine rings is 1. The first kappa shape index (κ1) is 21.0. The molecule has 1 aromatic carbocycles. The fraction of sp³-hybridized carbons (Fsp3) is 0.286. The summed E-state index contributed by atoms with van der Waals surface area (Å²) in [6.45, 7) is 1.39. The number of rotatable bonds is 5. The molecule has 1 atom stereocenters. The van der Waals surface area contributed by atoms with Crippen molar-refractivity contribution in [2.24, 2.45) is 5.73 Å². The Balaban J connectivity index is 1.66. The normalized spacial score (nSPS) is 16.3. The lowest BCUT2D eigenvalue weighted by molar-refractivity contribution is 0.0988. The molecule has 0 amide bonds. The largest absolute Gasteiger partial charge is 0.382 e. The number of nitrogens with zero attached hydrogens (tertiary/aromatic N) is 4. The van der Waals surface area contributed by atoms with Gasteiger partial charge in [0.1, 0.15) is 5.69 Å². The topological polar surface area (TPSA) is 144 Å². The van der Waals surface area contributed by atoms with Crippen molar-refractivity contribution >= 4 is 28.9 Å². The third-order valence-electron chi connectivity index (χ3n) is 5.22. The standard InChI is InChI=1S/C21H22ClN7O2/c22-14-6-2-1-5-13(14)16-9-25-20(24)19(27-16)18(30)8-15-17(10-26-21(31)28-15)29-7-3-4-12(23)11-29/h1-2,5-6,9-10,12H,3-4,7-8,11,23H2,(H2,24,25)(H,26,28,31). The SMILES string of the molecule is Nc1ncc(-c2ccccc2Cl)nc1C(=O)Cc1[nH]c(=O)ncc1N1CCCC(N)C1. The van der Waals surface area contributed by atoms with Crippen LogP contribution >= 0.6 is 11.6 Å². The Morgan fingerprint density at radius 3 is 2.84 bits per heavy atom. The van der Waals surface area contributed by atoms with E-state index in [4.69, 9.17) is 23.1 Å². The Kier molecular flexibility index (Phi) is 5.97. The number of nitrogens with one attached hydrogen (secondary N) is 1. The third kappa shape index (κ3) is 4.57. The van der Waals surface area contributed by atoms with Crippen LogP contribution in [0.4, 0.5) is 11.5 Å². The predicted molar refractivity (Wildman–Crippen MR) is 119 cm³/mol. The predicted octanol–water partition coefficient (Wildman–Crippen LogP) is 1.82. The molecule has 0 spiro atoms. The molecule has 5 N–H and O–H groups in total. The van der Waals surface area contributed by atoms with Gasteiger partial charge in [0.15, 0.2) is 11.6 Å². The summed E-state index contributed by atoms with van der Waals surface area (Å²) in [4.78, 5) is 42.1. The first-order valence-electron chi connectivity index (χ1n) is 9.91. The van der Waals surface area contributed by atoms with Gasteiger partial charge in [-0.2, -0.15) is 4.98 Å². The summed E-state index contributed by atoms with van der Waals surface area (Å²) in [6.07, 6.45) is 4.70. The number of benzene rings is 1. The highest BCUT2D eigenvalue weighted by atomic mass is 35.5. The average Bonchev–Trinajstić information content (AvgIpc) is 2.74. The molecule has 4 rings (SSSR count). The molecule has 1 unspecified atom stereocenters. The lowest BCUT2D eigenvalue weighted by Crippen LogP contribution is -2.43. The van der Waals surface area contributed by atoms with Crippen LogP contribution < -0.4 is 22.1 Å². The van der Waals surface area contributed by atoms with E-state index in [1.54, 1.807) is 18.2 Å². The van der Waals surface area contributed by atoms with Gasteiger partial charge in [-0.15, -0.1) is 0 Å². The Bertz CT molecular complexity index is 1180. The minimum absolute atomic E-state index is 0.0127. The van der Waals surface area contributed by atoms with Gasteiger partial charge < -0.3 is 21.4 Å². The summed E-state index contributed by atoms with van der Waals surface area (Å²) >= 11 is 6.25. The van der Waals surface area contributed by atoms with E-state index in [-0.39, 0.29) is 29.8 Å². The van der Waals surface area contributed by atoms with Crippen molar-refractivity contribution in [1.82, 2.24) is 19.9 Å². The van der Waals surface area contributed by atoms with E-state index in [2.05, 4.69) is 19.9 Å². The first-order chi connectivity index (χ1) is 14.9. The fourth-order valence-corrected chi connectivity index (χ4v) is 3.94. The highest BCUT2D eigenvalue weighted by Crippen LogP contribution is 2.27. The van der Waals surface area contributed by atoms with Crippen LogP contribution in [0.15, 0.2) is 41.5 Å². The zero-order valence-corrected chi connectivity index (χ0v) is 17.5. The van der Waals surface area contributed by atoms with Gasteiger partial charge in [-0.3, -0.25) is 4.79 Å². The lowest BCUT2D eigenvalue weighted by atomic mass is 10.0. The quantitative estimate of drug-likeness (QED) is 0.510. The van der Waals surface area contributed by atoms with Crippen LogP contribution in [0.3, 0.4) is 0 Å². The van der Waals surface area contributed by atoms with Crippen LogP contribution in [-0.4, -0.2) is 44.9 Å². The Morgan fingerprint density at radius 1 is 1.26 bits per heavy atom. The van der Waals surface area contributed by atoms with Gasteiger partial charge in [-0.1, -0.05) is 29.8 Å². The summed E-state index contributed by atoms with van der Waals surface area (Å²) in [5.41, 5.74) is 13.7. The summed E-state index contributed by atoms with van der Waals surface area (Å²) < 4.78 is 0. The maximum Gasteiger partial charge on any atom is 0.345 e. The molecule has 160 valence electrons. The Labute approximate surface area is 183 Å². The number of ketones is 1. The van der Waals surface area contributed by atoms with Gasteiger partial charge >= 0.3 is 5.69 Å². The third-order valence-corrected chi connectivity index (χ3v) is 5.55. The Morgan fingerprint density at radius 2 is 2.06 bits per heavy atom. The maximum atomic E-state index is 13.1. The summed E-state index contributed by atoms with van der Waals surface area (Å²) in [5, 5.41) is 0.488. The van der Waals surface area contributed by atoms with Crippen LogP contribution in [0.25, 0.3) is 11.3 Å². The van der Waals surface area contributed by atoms with Crippen LogP contribution in [0.5, 0.6) is 0 Å². The van der Waals surface area contributed by atoms with Gasteiger partial charge in [0.25, 0.3) is 0 Å². The molecular formula is C21H22ClN7O2. The molecule has 0 radical (unpaired) electrons. The maximum absolute atomic E-state index is 13.1. The summed E-state index contributed by atoms with van der Waals surface area (Å²) in [5.74, 6) is -0.359. The molecule has 1 aliphatic heterocycles. The Hall–Kier alpha value is -3.30. The lowest BCUT2D eigenvalue weighted by Gasteiger charge is -2.33. The van der Waals surface area contributed by atoms with Gasteiger partial charge in [0.2, 0.25) is 0 Å². The minimum atomic E-state index is -0.531. The number of aromatic amines is 1. The van der Waals surface area contributed by atoms with Crippen LogP contribution in [0.2, 0.25) is 5.02 Å². The van der Waals surface area contributed by atoms with E-state index in [1.165, 1.54) is 12.4 Å². The minimum Gasteiger partial charge on any atom is -0.382 e. The molecule has 1 saturated heterocycles. The van der Waals surface area contributed by atoms with Crippen molar-refractivity contribution in [2.45, 2.75) is 25.3 Å². The second kappa shape index (κ2) is 8.83. The van der Waals surface area contributed by atoms with Crippen LogP contribution in [0.1, 0.15) is 29.0 Å². The van der Waals surface area contributed by atoms with Crippen molar-refractivity contribution in [3.8, 4) is 11.3 Å². The molecule has 1 aliphatic rings. The van der Waals surface area contributed by atoms with Crippen LogP contribution in [0, 0.1) is 0 Å². The molecule has 3 aromatic rings. The van der Waals surface area contributed by atoms with Crippen molar-refractivity contribution in [3.05, 3.63) is 63.6 Å². The number of aromatic nitrogens is 4. The molecule has 1 fully saturated rings. The molecule has 0 aliphatic carbocycles. The van der Waals surface area contributed by atoms with Crippen molar-refractivity contribution in [3.63, 3.8) is 0 Å². The fourth-order valence-electron chi connectivity index (χ4n) is 3.71. The van der Waals surface area contributed by atoms with E-state index in [0.29, 0.717) is 34.2 Å². The molecule has 9 nitrogen and oxygen atoms in total. The van der Waals surface area contributed by atoms with Crippen LogP contribution in [-0.2, 0) is 6.42 Å². The van der Waals surface area contributed by atoms with E-state index < -0.39 is 5.69 Å². The number of halogens is 1. The molecule has 3 heterocycles. The summed E-state index contributed by atoms with van der Waals surface area (Å²) in [6, 6.07) is 7.16. The molecule has 0 bridgehead atoms. The second-order valence-electron chi connectivity index (χ2n) is 7.47. The van der Waals surface area contributed by atoms with Crippen molar-refractivity contribution in [2.75, 3.05) is 23.7 Å². The highest BCUT2D eigenvalue weighted by Gasteiger charge is 2.23. The van der Waals surface area contributed by atoms with Gasteiger partial charge in [-0.25, -0.2) is 14.8 Å². The average molecular weight is 440 g/mol. The molecule has 2 aromatic heterocycles. The zero-order chi connectivity index (χ0) is 22.0. The second-order valence-corrected chi connectivity index (χ2v) is 7.88. The van der Waals surface area contributed by atoms with E-state index in [9.17, 15) is 9.59 Å². The zero-order valence-electron chi connectivity index (χ0n) is 16.7. The van der Waals surface area contributed by atoms with Gasteiger partial charge in [0.05, 0.1) is 40.9 Å². The molecule has 0 saturated carbocycles. The van der Waals surface area contributed by atoms with Gasteiger partial charge in [0, 0.05) is 24.7 Å². The molecule has 31 heavy (non-hydrogen) atoms. The molecule has 10 heteroatoms. The number of hydrogen-bond acceptors (Lipinski definition) is 8. The summed E-state index contributed by atoms with van der Waals surface area (Å²) in [7, 11) is 0. The number of carbonyl (C=O) groups excluding carboxylic acids is 1. The van der Waals surface area contributed by atoms with E-state index in [1.807, 2.05) is 11.0 Å². The number of nitrogens with two attached hydrogens (primary N) is 2. The smallest absolute Gasteiger partial charge is 0.345 e. The molecular weight excluding hydrogens is 418 g/mol.